The summed E-state index contributed by atoms with van der Waals surface area (Å²) in [6.07, 6.45) is 8.87. The number of benzene rings is 2. The van der Waals surface area contributed by atoms with Crippen LogP contribution in [0.3, 0.4) is 0 Å². The van der Waals surface area contributed by atoms with Gasteiger partial charge in [-0.25, -0.2) is 0 Å². The van der Waals surface area contributed by atoms with Crippen molar-refractivity contribution in [3.63, 3.8) is 0 Å². The zero-order chi connectivity index (χ0) is 27.6. The Morgan fingerprint density at radius 1 is 0.447 bits per heavy atom. The van der Waals surface area contributed by atoms with Crippen LogP contribution in [-0.4, -0.2) is 69.0 Å². The molecule has 38 heavy (non-hydrogen) atoms. The number of hydrogen-bond donors (Lipinski definition) is 4. The minimum Gasteiger partial charge on any atom is -0.362 e. The van der Waals surface area contributed by atoms with Crippen molar-refractivity contribution in [1.82, 2.24) is 9.80 Å². The van der Waals surface area contributed by atoms with E-state index in [1.54, 1.807) is 0 Å². The highest BCUT2D eigenvalue weighted by Crippen LogP contribution is 2.22. The molecule has 0 aliphatic rings. The molecular weight excluding hydrogens is 581 g/mol. The molecule has 0 saturated carbocycles. The fourth-order valence-corrected chi connectivity index (χ4v) is 5.80. The van der Waals surface area contributed by atoms with E-state index >= 15 is 0 Å². The number of rotatable bonds is 19. The fraction of sp³-hybridized carbons (Fsp3) is 0.533. The Kier molecular flexibility index (Phi) is 18.2. The lowest BCUT2D eigenvalue weighted by molar-refractivity contribution is 0.406. The van der Waals surface area contributed by atoms with Crippen LogP contribution in [0.25, 0.3) is 11.1 Å². The number of nitrogens with zero attached hydrogens (tertiary/aromatic N) is 2. The van der Waals surface area contributed by atoms with Crippen LogP contribution in [0.4, 0.5) is 0 Å². The normalized spacial score (nSPS) is 10.9. The molecule has 0 aromatic heterocycles. The van der Waals surface area contributed by atoms with Gasteiger partial charge in [0.05, 0.1) is 0 Å². The molecule has 0 atom stereocenters. The molecule has 8 heteroatoms. The number of unbranched alkanes of at least 4 members (excludes halogenated alkanes) is 4. The molecule has 0 N–H and O–H groups in total. The molecule has 0 unspecified atom stereocenters. The SMILES string of the molecule is S=C(c1ccc(-c2ccc(C(=S)N(CCCCS)CCCCS)cc2)cc1)N(CCCCS)CCCCS. The second-order valence-electron chi connectivity index (χ2n) is 9.46. The van der Waals surface area contributed by atoms with Crippen LogP contribution >= 0.6 is 75.0 Å². The average Bonchev–Trinajstić information content (AvgIpc) is 2.95. The highest BCUT2D eigenvalue weighted by Gasteiger charge is 2.13. The summed E-state index contributed by atoms with van der Waals surface area (Å²) in [6.45, 7) is 3.93. The molecule has 210 valence electrons. The maximum Gasteiger partial charge on any atom is 0.109 e. The van der Waals surface area contributed by atoms with E-state index in [-0.39, 0.29) is 0 Å². The standard InChI is InChI=1S/C30H44N2S6/c33-21-5-1-17-31(18-2-6-22-34)29(37)27-13-9-25(10-14-27)26-11-15-28(16-12-26)30(38)32(19-3-7-23-35)20-4-8-24-36/h9-16,33-36H,1-8,17-24H2. The van der Waals surface area contributed by atoms with Gasteiger partial charge in [-0.3, -0.25) is 0 Å². The van der Waals surface area contributed by atoms with Crippen molar-refractivity contribution >= 4 is 84.9 Å². The first kappa shape index (κ1) is 33.8. The molecule has 0 fully saturated rings. The van der Waals surface area contributed by atoms with Crippen molar-refractivity contribution in [1.29, 1.82) is 0 Å². The van der Waals surface area contributed by atoms with E-state index in [1.807, 2.05) is 0 Å². The van der Waals surface area contributed by atoms with Crippen LogP contribution in [0, 0.1) is 0 Å². The van der Waals surface area contributed by atoms with E-state index in [4.69, 9.17) is 24.4 Å². The van der Waals surface area contributed by atoms with Crippen molar-refractivity contribution in [2.75, 3.05) is 49.2 Å². The van der Waals surface area contributed by atoms with Crippen molar-refractivity contribution in [2.45, 2.75) is 51.4 Å². The third kappa shape index (κ3) is 12.0. The molecule has 0 radical (unpaired) electrons. The van der Waals surface area contributed by atoms with Gasteiger partial charge in [0.2, 0.25) is 0 Å². The molecule has 2 rings (SSSR count). The molecule has 0 heterocycles. The summed E-state index contributed by atoms with van der Waals surface area (Å²) in [7, 11) is 0. The molecule has 0 spiro atoms. The van der Waals surface area contributed by atoms with Gasteiger partial charge in [-0.1, -0.05) is 73.0 Å². The number of thiol groups is 4. The topological polar surface area (TPSA) is 6.48 Å². The lowest BCUT2D eigenvalue weighted by Gasteiger charge is -2.26. The Hall–Kier alpha value is -0.380. The van der Waals surface area contributed by atoms with Crippen molar-refractivity contribution < 1.29 is 0 Å². The van der Waals surface area contributed by atoms with E-state index < -0.39 is 0 Å². The van der Waals surface area contributed by atoms with Gasteiger partial charge < -0.3 is 9.80 Å². The average molecular weight is 625 g/mol. The van der Waals surface area contributed by atoms with E-state index in [1.165, 1.54) is 11.1 Å². The molecular formula is C30H44N2S6. The molecule has 0 saturated heterocycles. The Morgan fingerprint density at radius 3 is 0.947 bits per heavy atom. The van der Waals surface area contributed by atoms with Crippen LogP contribution in [0.2, 0.25) is 0 Å². The van der Waals surface area contributed by atoms with Gasteiger partial charge >= 0.3 is 0 Å². The summed E-state index contributed by atoms with van der Waals surface area (Å²) in [6, 6.07) is 17.3. The zero-order valence-electron chi connectivity index (χ0n) is 22.4. The first-order valence-electron chi connectivity index (χ1n) is 13.8. The highest BCUT2D eigenvalue weighted by molar-refractivity contribution is 7.81. The molecule has 0 amide bonds. The molecule has 2 aromatic rings. The predicted octanol–water partition coefficient (Wildman–Crippen LogP) is 8.15. The first-order chi connectivity index (χ1) is 18.5. The van der Waals surface area contributed by atoms with Gasteiger partial charge in [-0.15, -0.1) is 0 Å². The van der Waals surface area contributed by atoms with Crippen LogP contribution in [-0.2, 0) is 0 Å². The smallest absolute Gasteiger partial charge is 0.109 e. The summed E-state index contributed by atoms with van der Waals surface area (Å²) in [5.41, 5.74) is 4.59. The zero-order valence-corrected chi connectivity index (χ0v) is 27.6. The Balaban J connectivity index is 2.08. The van der Waals surface area contributed by atoms with Gasteiger partial charge in [0.1, 0.15) is 9.98 Å². The quantitative estimate of drug-likeness (QED) is 0.0712. The molecule has 0 bridgehead atoms. The number of thiocarbonyl (C=S) groups is 2. The molecule has 0 aliphatic heterocycles. The largest absolute Gasteiger partial charge is 0.362 e. The van der Waals surface area contributed by atoms with Gasteiger partial charge in [-0.2, -0.15) is 50.5 Å². The van der Waals surface area contributed by atoms with E-state index in [9.17, 15) is 0 Å². The summed E-state index contributed by atoms with van der Waals surface area (Å²) >= 11 is 29.3. The molecule has 0 aliphatic carbocycles. The van der Waals surface area contributed by atoms with Crippen molar-refractivity contribution in [3.8, 4) is 11.1 Å². The number of hydrogen-bond acceptors (Lipinski definition) is 6. The lowest BCUT2D eigenvalue weighted by Crippen LogP contribution is -2.32. The summed E-state index contributed by atoms with van der Waals surface area (Å²) in [4.78, 5) is 6.58. The maximum atomic E-state index is 5.91. The van der Waals surface area contributed by atoms with E-state index in [0.717, 1.165) is 122 Å². The molecule has 2 aromatic carbocycles. The van der Waals surface area contributed by atoms with Crippen LogP contribution in [0.1, 0.15) is 62.5 Å². The molecule has 2 nitrogen and oxygen atoms in total. The van der Waals surface area contributed by atoms with Crippen LogP contribution in [0.15, 0.2) is 48.5 Å². The third-order valence-electron chi connectivity index (χ3n) is 6.52. The third-order valence-corrected chi connectivity index (χ3v) is 8.77. The summed E-state index contributed by atoms with van der Waals surface area (Å²) < 4.78 is 0. The second kappa shape index (κ2) is 20.5. The second-order valence-corrected chi connectivity index (χ2v) is 12.0. The summed E-state index contributed by atoms with van der Waals surface area (Å²) in [5.74, 6) is 3.67. The fourth-order valence-electron chi connectivity index (χ4n) is 4.26. The van der Waals surface area contributed by atoms with E-state index in [2.05, 4.69) is 109 Å². The van der Waals surface area contributed by atoms with E-state index in [0.29, 0.717) is 0 Å². The van der Waals surface area contributed by atoms with Gasteiger partial charge in [-0.05, 0) is 85.5 Å². The maximum absolute atomic E-state index is 5.91. The van der Waals surface area contributed by atoms with Gasteiger partial charge in [0.25, 0.3) is 0 Å². The minimum atomic E-state index is 0.916. The lowest BCUT2D eigenvalue weighted by atomic mass is 10.0. The van der Waals surface area contributed by atoms with Crippen LogP contribution < -0.4 is 0 Å². The predicted molar refractivity (Wildman–Crippen MR) is 191 cm³/mol. The Morgan fingerprint density at radius 2 is 0.711 bits per heavy atom. The Bertz CT molecular complexity index is 835. The minimum absolute atomic E-state index is 0.916. The first-order valence-corrected chi connectivity index (χ1v) is 17.1. The van der Waals surface area contributed by atoms with Gasteiger partial charge in [0, 0.05) is 37.3 Å². The summed E-state index contributed by atoms with van der Waals surface area (Å²) in [5, 5.41) is 0. The van der Waals surface area contributed by atoms with Crippen molar-refractivity contribution in [3.05, 3.63) is 59.7 Å². The highest BCUT2D eigenvalue weighted by atomic mass is 32.1. The van der Waals surface area contributed by atoms with Crippen LogP contribution in [0.5, 0.6) is 0 Å². The van der Waals surface area contributed by atoms with Gasteiger partial charge in [0.15, 0.2) is 0 Å². The van der Waals surface area contributed by atoms with Crippen molar-refractivity contribution in [2.24, 2.45) is 0 Å². The Labute approximate surface area is 264 Å². The monoisotopic (exact) mass is 624 g/mol.